The van der Waals surface area contributed by atoms with Gasteiger partial charge in [0.2, 0.25) is 15.9 Å². The molecule has 1 aliphatic carbocycles. The van der Waals surface area contributed by atoms with Crippen molar-refractivity contribution in [3.63, 3.8) is 0 Å². The second kappa shape index (κ2) is 9.75. The number of carbonyl (C=O) groups is 1. The van der Waals surface area contributed by atoms with Gasteiger partial charge in [-0.05, 0) is 82.8 Å². The van der Waals surface area contributed by atoms with Crippen LogP contribution in [0.1, 0.15) is 48.1 Å². The maximum Gasteiger partial charge on any atom is 0.271 e. The topological polar surface area (TPSA) is 110 Å². The van der Waals surface area contributed by atoms with Gasteiger partial charge in [0, 0.05) is 16.8 Å². The van der Waals surface area contributed by atoms with Gasteiger partial charge < -0.3 is 5.32 Å². The predicted molar refractivity (Wildman–Crippen MR) is 136 cm³/mol. The van der Waals surface area contributed by atoms with Crippen LogP contribution in [0, 0.1) is 13.8 Å². The largest absolute Gasteiger partial charge is 0.324 e. The second-order valence-corrected chi connectivity index (χ2v) is 10.8. The highest BCUT2D eigenvalue weighted by molar-refractivity contribution is 7.89. The molecule has 35 heavy (non-hydrogen) atoms. The average Bonchev–Trinajstić information content (AvgIpc) is 2.85. The molecule has 1 amide bonds. The molecule has 0 saturated heterocycles. The lowest BCUT2D eigenvalue weighted by atomic mass is 9.89. The Morgan fingerprint density at radius 3 is 2.34 bits per heavy atom. The lowest BCUT2D eigenvalue weighted by Crippen LogP contribution is -2.37. The number of carbonyl (C=O) groups excluding carboxylic acids is 1. The van der Waals surface area contributed by atoms with Crippen molar-refractivity contribution in [3.8, 4) is 11.3 Å². The Morgan fingerprint density at radius 1 is 1.03 bits per heavy atom. The van der Waals surface area contributed by atoms with Crippen molar-refractivity contribution in [2.45, 2.75) is 57.4 Å². The number of hydrogen-bond acceptors (Lipinski definition) is 5. The molecule has 0 bridgehead atoms. The quantitative estimate of drug-likeness (QED) is 0.545. The maximum atomic E-state index is 13.4. The van der Waals surface area contributed by atoms with E-state index in [-0.39, 0.29) is 16.4 Å². The van der Waals surface area contributed by atoms with Crippen molar-refractivity contribution in [1.82, 2.24) is 14.5 Å². The number of nitrogens with one attached hydrogen (secondary N) is 2. The summed E-state index contributed by atoms with van der Waals surface area (Å²) in [6.07, 6.45) is 3.08. The van der Waals surface area contributed by atoms with Crippen molar-refractivity contribution in [2.75, 3.05) is 12.4 Å². The Hall–Kier alpha value is -3.30. The van der Waals surface area contributed by atoms with E-state index in [1.165, 1.54) is 11.7 Å². The number of aryl methyl sites for hydroxylation is 2. The molecule has 9 heteroatoms. The Balaban J connectivity index is 1.81. The van der Waals surface area contributed by atoms with E-state index in [1.807, 2.05) is 37.3 Å². The van der Waals surface area contributed by atoms with Gasteiger partial charge in [0.1, 0.15) is 6.04 Å². The van der Waals surface area contributed by atoms with Gasteiger partial charge in [-0.2, -0.15) is 5.10 Å². The highest BCUT2D eigenvalue weighted by atomic mass is 32.2. The summed E-state index contributed by atoms with van der Waals surface area (Å²) >= 11 is 0. The van der Waals surface area contributed by atoms with Crippen LogP contribution < -0.4 is 15.6 Å². The third-order valence-corrected chi connectivity index (χ3v) is 8.07. The molecule has 1 heterocycles. The number of sulfonamides is 1. The molecule has 2 aromatic carbocycles. The summed E-state index contributed by atoms with van der Waals surface area (Å²) in [5, 5.41) is 7.49. The minimum absolute atomic E-state index is 0.159. The first-order valence-corrected chi connectivity index (χ1v) is 13.2. The Bertz CT molecular complexity index is 1440. The average molecular weight is 495 g/mol. The van der Waals surface area contributed by atoms with E-state index in [4.69, 9.17) is 0 Å². The minimum atomic E-state index is -3.68. The smallest absolute Gasteiger partial charge is 0.271 e. The van der Waals surface area contributed by atoms with Gasteiger partial charge in [-0.15, -0.1) is 0 Å². The molecule has 1 aliphatic rings. The van der Waals surface area contributed by atoms with E-state index in [9.17, 15) is 18.0 Å². The minimum Gasteiger partial charge on any atom is -0.324 e. The second-order valence-electron chi connectivity index (χ2n) is 8.98. The molecule has 0 aliphatic heterocycles. The molecule has 1 unspecified atom stereocenters. The Kier molecular flexibility index (Phi) is 6.91. The molecule has 1 atom stereocenters. The zero-order chi connectivity index (χ0) is 25.3. The number of benzene rings is 2. The Labute approximate surface area is 205 Å². The van der Waals surface area contributed by atoms with Crippen LogP contribution in [0.25, 0.3) is 11.3 Å². The summed E-state index contributed by atoms with van der Waals surface area (Å²) in [5.74, 6) is -0.354. The van der Waals surface area contributed by atoms with Crippen molar-refractivity contribution in [1.29, 1.82) is 0 Å². The summed E-state index contributed by atoms with van der Waals surface area (Å²) in [6, 6.07) is 11.7. The molecule has 0 fully saturated rings. The first-order valence-electron chi connectivity index (χ1n) is 11.7. The lowest BCUT2D eigenvalue weighted by Gasteiger charge is -2.23. The third kappa shape index (κ3) is 4.92. The van der Waals surface area contributed by atoms with Crippen molar-refractivity contribution >= 4 is 21.6 Å². The van der Waals surface area contributed by atoms with E-state index >= 15 is 0 Å². The Morgan fingerprint density at radius 2 is 1.69 bits per heavy atom. The van der Waals surface area contributed by atoms with Crippen molar-refractivity contribution < 1.29 is 13.2 Å². The van der Waals surface area contributed by atoms with Crippen LogP contribution in [0.2, 0.25) is 0 Å². The molecular formula is C26H30N4O4S. The maximum absolute atomic E-state index is 13.4. The summed E-state index contributed by atoms with van der Waals surface area (Å²) in [6.45, 7) is 5.34. The van der Waals surface area contributed by atoms with E-state index in [2.05, 4.69) is 15.1 Å². The first-order chi connectivity index (χ1) is 16.6. The summed E-state index contributed by atoms with van der Waals surface area (Å²) in [7, 11) is -2.31. The van der Waals surface area contributed by atoms with Crippen LogP contribution in [0.4, 0.5) is 5.69 Å². The fraction of sp³-hybridized carbons (Fsp3) is 0.346. The van der Waals surface area contributed by atoms with Crippen LogP contribution in [-0.2, 0) is 27.7 Å². The van der Waals surface area contributed by atoms with Gasteiger partial charge in [-0.1, -0.05) is 29.8 Å². The number of rotatable bonds is 6. The fourth-order valence-corrected chi connectivity index (χ4v) is 5.38. The number of amides is 1. The van der Waals surface area contributed by atoms with E-state index in [0.717, 1.165) is 24.0 Å². The number of fused-ring (bicyclic) bond motifs is 1. The van der Waals surface area contributed by atoms with Crippen molar-refractivity contribution in [3.05, 3.63) is 75.1 Å². The third-order valence-electron chi connectivity index (χ3n) is 6.51. The summed E-state index contributed by atoms with van der Waals surface area (Å²) in [5.41, 5.74) is 4.67. The molecular weight excluding hydrogens is 464 g/mol. The van der Waals surface area contributed by atoms with Crippen LogP contribution in [0.5, 0.6) is 0 Å². The highest BCUT2D eigenvalue weighted by Gasteiger charge is 2.26. The van der Waals surface area contributed by atoms with Crippen LogP contribution in [0.15, 0.2) is 52.2 Å². The highest BCUT2D eigenvalue weighted by Crippen LogP contribution is 2.31. The van der Waals surface area contributed by atoms with Gasteiger partial charge in [0.15, 0.2) is 0 Å². The molecule has 0 saturated carbocycles. The molecule has 0 radical (unpaired) electrons. The molecule has 3 aromatic rings. The van der Waals surface area contributed by atoms with E-state index in [0.29, 0.717) is 40.9 Å². The molecule has 2 N–H and O–H groups in total. The summed E-state index contributed by atoms with van der Waals surface area (Å²) < 4.78 is 28.7. The van der Waals surface area contributed by atoms with Gasteiger partial charge >= 0.3 is 0 Å². The zero-order valence-corrected chi connectivity index (χ0v) is 21.2. The predicted octanol–water partition coefficient (Wildman–Crippen LogP) is 3.51. The van der Waals surface area contributed by atoms with Gasteiger partial charge in [-0.3, -0.25) is 9.59 Å². The van der Waals surface area contributed by atoms with E-state index < -0.39 is 16.1 Å². The number of nitrogens with zero attached hydrogens (tertiary/aromatic N) is 2. The molecule has 184 valence electrons. The number of aromatic nitrogens is 2. The first kappa shape index (κ1) is 24.8. The molecule has 4 rings (SSSR count). The molecule has 0 spiro atoms. The summed E-state index contributed by atoms with van der Waals surface area (Å²) in [4.78, 5) is 26.6. The fourth-order valence-electron chi connectivity index (χ4n) is 4.39. The van der Waals surface area contributed by atoms with Gasteiger partial charge in [0.25, 0.3) is 5.56 Å². The van der Waals surface area contributed by atoms with Gasteiger partial charge in [0.05, 0.1) is 10.6 Å². The van der Waals surface area contributed by atoms with Crippen LogP contribution >= 0.6 is 0 Å². The SMILES string of the molecule is CNS(=O)(=O)c1cc(-c2nn(C(C)C(=O)Nc3ccc(C)cc3)c(=O)c3c2CCCC3)ccc1C. The van der Waals surface area contributed by atoms with Crippen LogP contribution in [0.3, 0.4) is 0 Å². The standard InChI is InChI=1S/C26H30N4O4S/c1-16-9-13-20(14-10-16)28-25(31)18(3)30-26(32)22-8-6-5-7-21(22)24(29-30)19-12-11-17(2)23(15-19)35(33,34)27-4/h9-15,18,27H,5-8H2,1-4H3,(H,28,31). The number of hydrogen-bond donors (Lipinski definition) is 2. The van der Waals surface area contributed by atoms with E-state index in [1.54, 1.807) is 26.0 Å². The normalized spacial score (nSPS) is 14.3. The molecule has 1 aromatic heterocycles. The zero-order valence-electron chi connectivity index (χ0n) is 20.4. The molecule has 8 nitrogen and oxygen atoms in total. The van der Waals surface area contributed by atoms with Crippen molar-refractivity contribution in [2.24, 2.45) is 0 Å². The lowest BCUT2D eigenvalue weighted by molar-refractivity contribution is -0.119. The van der Waals surface area contributed by atoms with Crippen LogP contribution in [-0.4, -0.2) is 31.2 Å². The van der Waals surface area contributed by atoms with Gasteiger partial charge in [-0.25, -0.2) is 17.8 Å². The monoisotopic (exact) mass is 494 g/mol. The number of anilines is 1.